The van der Waals surface area contributed by atoms with Crippen molar-refractivity contribution in [2.45, 2.75) is 20.0 Å². The van der Waals surface area contributed by atoms with E-state index in [1.807, 2.05) is 0 Å². The zero-order chi connectivity index (χ0) is 24.1. The number of esters is 1. The van der Waals surface area contributed by atoms with E-state index < -0.39 is 29.7 Å². The number of nitrogens with one attached hydrogen (secondary N) is 1. The zero-order valence-corrected chi connectivity index (χ0v) is 18.3. The van der Waals surface area contributed by atoms with Gasteiger partial charge in [0.1, 0.15) is 6.54 Å². The van der Waals surface area contributed by atoms with E-state index in [4.69, 9.17) is 4.74 Å². The number of aromatic nitrogens is 4. The van der Waals surface area contributed by atoms with Crippen molar-refractivity contribution in [2.24, 2.45) is 0 Å². The molecule has 4 rings (SSSR count). The monoisotopic (exact) mass is 459 g/mol. The maximum absolute atomic E-state index is 13.3. The molecular weight excluding hydrogens is 438 g/mol. The number of rotatable bonds is 7. The highest BCUT2D eigenvalue weighted by Gasteiger charge is 2.18. The summed E-state index contributed by atoms with van der Waals surface area (Å²) in [5.41, 5.74) is -0.0156. The molecule has 10 nitrogen and oxygen atoms in total. The van der Waals surface area contributed by atoms with Crippen molar-refractivity contribution in [3.8, 4) is 0 Å². The molecule has 0 aliphatic heterocycles. The Morgan fingerprint density at radius 2 is 1.71 bits per heavy atom. The molecule has 0 fully saturated rings. The van der Waals surface area contributed by atoms with Gasteiger partial charge >= 0.3 is 11.7 Å². The number of anilines is 1. The minimum absolute atomic E-state index is 0.0535. The van der Waals surface area contributed by atoms with Crippen molar-refractivity contribution < 1.29 is 14.3 Å². The average Bonchev–Trinajstić information content (AvgIpc) is 2.85. The molecule has 0 bridgehead atoms. The molecule has 0 radical (unpaired) electrons. The maximum Gasteiger partial charge on any atom is 0.340 e. The van der Waals surface area contributed by atoms with Crippen LogP contribution >= 0.6 is 0 Å². The van der Waals surface area contributed by atoms with Crippen LogP contribution in [0.1, 0.15) is 23.0 Å². The SMILES string of the molecule is CCOC(=O)c1ccccc1NC(=O)Cn1c(=O)n(Cc2ccccn2)c(=O)c2ncccc21. The number of nitrogens with zero attached hydrogens (tertiary/aromatic N) is 4. The minimum Gasteiger partial charge on any atom is -0.462 e. The third-order valence-electron chi connectivity index (χ3n) is 5.03. The van der Waals surface area contributed by atoms with E-state index in [1.54, 1.807) is 61.7 Å². The summed E-state index contributed by atoms with van der Waals surface area (Å²) in [6.45, 7) is 1.40. The lowest BCUT2D eigenvalue weighted by Crippen LogP contribution is -2.42. The lowest BCUT2D eigenvalue weighted by Gasteiger charge is -2.14. The summed E-state index contributed by atoms with van der Waals surface area (Å²) in [7, 11) is 0. The van der Waals surface area contributed by atoms with Gasteiger partial charge in [-0.2, -0.15) is 0 Å². The predicted molar refractivity (Wildman–Crippen MR) is 125 cm³/mol. The van der Waals surface area contributed by atoms with Crippen molar-refractivity contribution in [1.29, 1.82) is 0 Å². The van der Waals surface area contributed by atoms with Crippen LogP contribution in [0.2, 0.25) is 0 Å². The number of benzene rings is 1. The molecule has 1 aromatic carbocycles. The summed E-state index contributed by atoms with van der Waals surface area (Å²) in [6, 6.07) is 14.7. The fraction of sp³-hybridized carbons (Fsp3) is 0.167. The molecule has 1 amide bonds. The van der Waals surface area contributed by atoms with E-state index in [-0.39, 0.29) is 35.4 Å². The van der Waals surface area contributed by atoms with Crippen LogP contribution in [-0.2, 0) is 22.6 Å². The van der Waals surface area contributed by atoms with Gasteiger partial charge in [-0.15, -0.1) is 0 Å². The van der Waals surface area contributed by atoms with Crippen LogP contribution in [0.4, 0.5) is 5.69 Å². The lowest BCUT2D eigenvalue weighted by molar-refractivity contribution is -0.116. The number of hydrogen-bond donors (Lipinski definition) is 1. The molecule has 0 saturated heterocycles. The van der Waals surface area contributed by atoms with Crippen molar-refractivity contribution in [3.63, 3.8) is 0 Å². The van der Waals surface area contributed by atoms with Gasteiger partial charge in [-0.25, -0.2) is 14.6 Å². The normalized spacial score (nSPS) is 10.7. The number of para-hydroxylation sites is 1. The van der Waals surface area contributed by atoms with E-state index in [9.17, 15) is 19.2 Å². The molecule has 0 atom stereocenters. The van der Waals surface area contributed by atoms with Crippen LogP contribution in [0.15, 0.2) is 76.6 Å². The first-order valence-electron chi connectivity index (χ1n) is 10.5. The smallest absolute Gasteiger partial charge is 0.340 e. The average molecular weight is 459 g/mol. The Hall–Kier alpha value is -4.60. The largest absolute Gasteiger partial charge is 0.462 e. The van der Waals surface area contributed by atoms with Crippen LogP contribution in [-0.4, -0.2) is 37.6 Å². The number of ether oxygens (including phenoxy) is 1. The second-order valence-corrected chi connectivity index (χ2v) is 7.27. The van der Waals surface area contributed by atoms with E-state index >= 15 is 0 Å². The summed E-state index contributed by atoms with van der Waals surface area (Å²) in [6.07, 6.45) is 3.01. The van der Waals surface area contributed by atoms with E-state index in [0.29, 0.717) is 5.69 Å². The highest BCUT2D eigenvalue weighted by Crippen LogP contribution is 2.16. The number of pyridine rings is 2. The Labute approximate surface area is 193 Å². The van der Waals surface area contributed by atoms with Gasteiger partial charge in [0, 0.05) is 12.4 Å². The molecule has 4 aromatic rings. The molecule has 0 aliphatic carbocycles. The summed E-state index contributed by atoms with van der Waals surface area (Å²) in [5, 5.41) is 2.65. The lowest BCUT2D eigenvalue weighted by atomic mass is 10.2. The van der Waals surface area contributed by atoms with Crippen LogP contribution in [0, 0.1) is 0 Å². The molecule has 0 unspecified atom stereocenters. The standard InChI is InChI=1S/C24H21N5O5/c1-2-34-23(32)17-9-3-4-10-18(17)27-20(30)15-28-19-11-7-13-26-21(19)22(31)29(24(28)33)14-16-8-5-6-12-25-16/h3-13H,2,14-15H2,1H3,(H,27,30). The molecular formula is C24H21N5O5. The van der Waals surface area contributed by atoms with Crippen molar-refractivity contribution >= 4 is 28.6 Å². The van der Waals surface area contributed by atoms with Crippen LogP contribution in [0.25, 0.3) is 11.0 Å². The number of fused-ring (bicyclic) bond motifs is 1. The molecule has 0 spiro atoms. The zero-order valence-electron chi connectivity index (χ0n) is 18.3. The molecule has 1 N–H and O–H groups in total. The highest BCUT2D eigenvalue weighted by atomic mass is 16.5. The second kappa shape index (κ2) is 9.90. The highest BCUT2D eigenvalue weighted by molar-refractivity contribution is 6.01. The van der Waals surface area contributed by atoms with Gasteiger partial charge in [-0.05, 0) is 43.3 Å². The Morgan fingerprint density at radius 3 is 2.47 bits per heavy atom. The molecule has 34 heavy (non-hydrogen) atoms. The fourth-order valence-electron chi connectivity index (χ4n) is 3.50. The van der Waals surface area contributed by atoms with Crippen LogP contribution in [0.3, 0.4) is 0 Å². The molecule has 0 saturated carbocycles. The van der Waals surface area contributed by atoms with Gasteiger partial charge in [-0.3, -0.25) is 23.7 Å². The van der Waals surface area contributed by atoms with Gasteiger partial charge < -0.3 is 10.1 Å². The molecule has 172 valence electrons. The first-order chi connectivity index (χ1) is 16.5. The number of carbonyl (C=O) groups is 2. The molecule has 3 heterocycles. The fourth-order valence-corrected chi connectivity index (χ4v) is 3.50. The predicted octanol–water partition coefficient (Wildman–Crippen LogP) is 1.82. The number of amides is 1. The third-order valence-corrected chi connectivity index (χ3v) is 5.03. The van der Waals surface area contributed by atoms with Gasteiger partial charge in [0.05, 0.1) is 35.6 Å². The Balaban J connectivity index is 1.71. The Bertz CT molecular complexity index is 1480. The van der Waals surface area contributed by atoms with Crippen molar-refractivity contribution in [2.75, 3.05) is 11.9 Å². The molecule has 10 heteroatoms. The van der Waals surface area contributed by atoms with Crippen LogP contribution in [0.5, 0.6) is 0 Å². The topological polar surface area (TPSA) is 125 Å². The number of carbonyl (C=O) groups excluding carboxylic acids is 2. The Kier molecular flexibility index (Phi) is 6.58. The minimum atomic E-state index is -0.676. The van der Waals surface area contributed by atoms with Crippen molar-refractivity contribution in [1.82, 2.24) is 19.1 Å². The van der Waals surface area contributed by atoms with E-state index in [0.717, 1.165) is 4.57 Å². The van der Waals surface area contributed by atoms with Crippen LogP contribution < -0.4 is 16.6 Å². The molecule has 0 aliphatic rings. The Morgan fingerprint density at radius 1 is 0.941 bits per heavy atom. The van der Waals surface area contributed by atoms with Gasteiger partial charge in [0.25, 0.3) is 5.56 Å². The quantitative estimate of drug-likeness (QED) is 0.418. The number of hydrogen-bond acceptors (Lipinski definition) is 7. The van der Waals surface area contributed by atoms with Gasteiger partial charge in [0.2, 0.25) is 5.91 Å². The second-order valence-electron chi connectivity index (χ2n) is 7.27. The summed E-state index contributed by atoms with van der Waals surface area (Å²) < 4.78 is 7.21. The maximum atomic E-state index is 13.3. The molecule has 3 aromatic heterocycles. The first kappa shape index (κ1) is 22.6. The van der Waals surface area contributed by atoms with E-state index in [1.165, 1.54) is 16.8 Å². The van der Waals surface area contributed by atoms with Crippen molar-refractivity contribution in [3.05, 3.63) is 99.1 Å². The summed E-state index contributed by atoms with van der Waals surface area (Å²) in [4.78, 5) is 59.7. The van der Waals surface area contributed by atoms with Gasteiger partial charge in [-0.1, -0.05) is 18.2 Å². The summed E-state index contributed by atoms with van der Waals surface area (Å²) >= 11 is 0. The van der Waals surface area contributed by atoms with Gasteiger partial charge in [0.15, 0.2) is 5.52 Å². The third kappa shape index (κ3) is 4.60. The first-order valence-corrected chi connectivity index (χ1v) is 10.5. The summed E-state index contributed by atoms with van der Waals surface area (Å²) in [5.74, 6) is -1.14. The van der Waals surface area contributed by atoms with E-state index in [2.05, 4.69) is 15.3 Å².